The number of nitrogens with one attached hydrogen (secondary N) is 1. The van der Waals surface area contributed by atoms with Gasteiger partial charge in [-0.15, -0.1) is 0 Å². The first-order valence-corrected chi connectivity index (χ1v) is 25.8. The highest BCUT2D eigenvalue weighted by Gasteiger charge is 2.24. The van der Waals surface area contributed by atoms with Crippen molar-refractivity contribution in [3.63, 3.8) is 0 Å². The lowest BCUT2D eigenvalue weighted by Crippen LogP contribution is -2.46. The van der Waals surface area contributed by atoms with Crippen LogP contribution in [0.2, 0.25) is 0 Å². The van der Waals surface area contributed by atoms with Gasteiger partial charge in [-0.1, -0.05) is 252 Å². The molecule has 0 spiro atoms. The number of hydrogen-bond acceptors (Lipinski definition) is 5. The Morgan fingerprint density at radius 1 is 0.439 bits per heavy atom. The van der Waals surface area contributed by atoms with Crippen LogP contribution in [0.5, 0.6) is 0 Å². The van der Waals surface area contributed by atoms with E-state index in [1.165, 1.54) is 205 Å². The van der Waals surface area contributed by atoms with Crippen LogP contribution in [0.25, 0.3) is 0 Å². The zero-order valence-corrected chi connectivity index (χ0v) is 38.8. The molecule has 0 fully saturated rings. The van der Waals surface area contributed by atoms with E-state index in [0.29, 0.717) is 19.3 Å². The van der Waals surface area contributed by atoms with Crippen molar-refractivity contribution in [3.05, 3.63) is 0 Å². The number of ether oxygens (including phenoxy) is 1. The van der Waals surface area contributed by atoms with Crippen LogP contribution >= 0.6 is 0 Å². The van der Waals surface area contributed by atoms with Crippen LogP contribution in [0.3, 0.4) is 0 Å². The molecule has 0 aromatic rings. The van der Waals surface area contributed by atoms with Crippen molar-refractivity contribution < 1.29 is 24.5 Å². The molecule has 3 unspecified atom stereocenters. The number of aliphatic hydroxyl groups is 2. The van der Waals surface area contributed by atoms with E-state index in [2.05, 4.69) is 26.1 Å². The third-order valence-corrected chi connectivity index (χ3v) is 12.2. The molecule has 0 bridgehead atoms. The number of hydrogen-bond donors (Lipinski definition) is 3. The van der Waals surface area contributed by atoms with Crippen LogP contribution in [-0.4, -0.2) is 46.9 Å². The molecule has 0 rings (SSSR count). The molecule has 0 heterocycles. The van der Waals surface area contributed by atoms with E-state index in [0.717, 1.165) is 38.5 Å². The highest BCUT2D eigenvalue weighted by atomic mass is 16.5. The van der Waals surface area contributed by atoms with Gasteiger partial charge >= 0.3 is 5.97 Å². The summed E-state index contributed by atoms with van der Waals surface area (Å²) >= 11 is 0. The second kappa shape index (κ2) is 45.9. The molecule has 0 aliphatic heterocycles. The summed E-state index contributed by atoms with van der Waals surface area (Å²) in [6, 6.07) is -0.691. The van der Waals surface area contributed by atoms with E-state index in [4.69, 9.17) is 4.74 Å². The van der Waals surface area contributed by atoms with E-state index in [-0.39, 0.29) is 24.9 Å². The van der Waals surface area contributed by atoms with Crippen LogP contribution in [0, 0.1) is 0 Å². The van der Waals surface area contributed by atoms with Gasteiger partial charge in [0, 0.05) is 6.42 Å². The van der Waals surface area contributed by atoms with Gasteiger partial charge in [0.25, 0.3) is 0 Å². The fourth-order valence-corrected chi connectivity index (χ4v) is 8.26. The fourth-order valence-electron chi connectivity index (χ4n) is 8.26. The summed E-state index contributed by atoms with van der Waals surface area (Å²) in [6.07, 6.45) is 48.7. The second-order valence-corrected chi connectivity index (χ2v) is 17.9. The predicted molar refractivity (Wildman–Crippen MR) is 246 cm³/mol. The second-order valence-electron chi connectivity index (χ2n) is 17.9. The zero-order chi connectivity index (χ0) is 41.7. The smallest absolute Gasteiger partial charge is 0.306 e. The molecular formula is C51H101NO5. The predicted octanol–water partition coefficient (Wildman–Crippen LogP) is 15.2. The minimum Gasteiger partial charge on any atom is -0.462 e. The molecule has 1 amide bonds. The minimum absolute atomic E-state index is 0.0877. The maximum Gasteiger partial charge on any atom is 0.306 e. The first-order valence-electron chi connectivity index (χ1n) is 25.8. The average molecular weight is 808 g/mol. The van der Waals surface area contributed by atoms with E-state index in [1.54, 1.807) is 0 Å². The highest BCUT2D eigenvalue weighted by molar-refractivity contribution is 5.77. The molecule has 340 valence electrons. The SMILES string of the molecule is CCCCCCCCCCCCCCCCC(=O)OC(CCCCCCCCCCCCCCC)CC(=O)NC(CO)C(O)CCCCCCCCCCCCC. The number of esters is 1. The maximum absolute atomic E-state index is 13.2. The summed E-state index contributed by atoms with van der Waals surface area (Å²) < 4.78 is 5.94. The van der Waals surface area contributed by atoms with Crippen LogP contribution in [0.4, 0.5) is 0 Å². The molecule has 57 heavy (non-hydrogen) atoms. The van der Waals surface area contributed by atoms with Crippen molar-refractivity contribution in [2.75, 3.05) is 6.61 Å². The number of amides is 1. The molecule has 3 N–H and O–H groups in total. The van der Waals surface area contributed by atoms with Crippen LogP contribution in [0.1, 0.15) is 290 Å². The third kappa shape index (κ3) is 41.4. The maximum atomic E-state index is 13.2. The largest absolute Gasteiger partial charge is 0.462 e. The third-order valence-electron chi connectivity index (χ3n) is 12.2. The van der Waals surface area contributed by atoms with Crippen molar-refractivity contribution in [3.8, 4) is 0 Å². The molecule has 0 saturated carbocycles. The van der Waals surface area contributed by atoms with E-state index in [9.17, 15) is 19.8 Å². The Kier molecular flexibility index (Phi) is 45.0. The average Bonchev–Trinajstić information content (AvgIpc) is 3.20. The number of carbonyl (C=O) groups is 2. The zero-order valence-electron chi connectivity index (χ0n) is 38.8. The molecule has 3 atom stereocenters. The number of rotatable bonds is 47. The van der Waals surface area contributed by atoms with Gasteiger partial charge < -0.3 is 20.3 Å². The van der Waals surface area contributed by atoms with Gasteiger partial charge in [0.05, 0.1) is 25.2 Å². The van der Waals surface area contributed by atoms with Crippen LogP contribution in [-0.2, 0) is 14.3 Å². The van der Waals surface area contributed by atoms with Gasteiger partial charge in [0.2, 0.25) is 5.91 Å². The number of aliphatic hydroxyl groups excluding tert-OH is 2. The van der Waals surface area contributed by atoms with E-state index >= 15 is 0 Å². The normalized spacial score (nSPS) is 13.1. The van der Waals surface area contributed by atoms with Crippen molar-refractivity contribution in [2.45, 2.75) is 309 Å². The highest BCUT2D eigenvalue weighted by Crippen LogP contribution is 2.19. The molecule has 0 saturated heterocycles. The fraction of sp³-hybridized carbons (Fsp3) is 0.961. The van der Waals surface area contributed by atoms with Gasteiger partial charge in [-0.2, -0.15) is 0 Å². The molecule has 0 aliphatic carbocycles. The van der Waals surface area contributed by atoms with Crippen molar-refractivity contribution in [1.82, 2.24) is 5.32 Å². The van der Waals surface area contributed by atoms with Gasteiger partial charge in [-0.3, -0.25) is 9.59 Å². The van der Waals surface area contributed by atoms with Crippen LogP contribution in [0.15, 0.2) is 0 Å². The lowest BCUT2D eigenvalue weighted by molar-refractivity contribution is -0.151. The lowest BCUT2D eigenvalue weighted by atomic mass is 10.0. The molecule has 0 aromatic heterocycles. The Bertz CT molecular complexity index is 821. The van der Waals surface area contributed by atoms with Gasteiger partial charge in [-0.25, -0.2) is 0 Å². The van der Waals surface area contributed by atoms with Crippen LogP contribution < -0.4 is 5.32 Å². The van der Waals surface area contributed by atoms with Gasteiger partial charge in [0.15, 0.2) is 0 Å². The van der Waals surface area contributed by atoms with E-state index in [1.807, 2.05) is 0 Å². The Morgan fingerprint density at radius 2 is 0.737 bits per heavy atom. The minimum atomic E-state index is -0.778. The molecule has 0 aliphatic rings. The monoisotopic (exact) mass is 808 g/mol. The summed E-state index contributed by atoms with van der Waals surface area (Å²) in [5.74, 6) is -0.451. The van der Waals surface area contributed by atoms with Crippen molar-refractivity contribution >= 4 is 11.9 Å². The Hall–Kier alpha value is -1.14. The summed E-state index contributed by atoms with van der Waals surface area (Å²) in [5, 5.41) is 23.7. The molecular weight excluding hydrogens is 707 g/mol. The molecule has 0 radical (unpaired) electrons. The summed E-state index contributed by atoms with van der Waals surface area (Å²) in [6.45, 7) is 6.50. The van der Waals surface area contributed by atoms with Gasteiger partial charge in [0.1, 0.15) is 6.10 Å². The topological polar surface area (TPSA) is 95.9 Å². The number of unbranched alkanes of at least 4 members (excludes halogenated alkanes) is 35. The van der Waals surface area contributed by atoms with E-state index < -0.39 is 18.2 Å². The number of carbonyl (C=O) groups excluding carboxylic acids is 2. The van der Waals surface area contributed by atoms with Crippen molar-refractivity contribution in [1.29, 1.82) is 0 Å². The molecule has 0 aromatic carbocycles. The summed E-state index contributed by atoms with van der Waals surface area (Å²) in [7, 11) is 0. The lowest BCUT2D eigenvalue weighted by Gasteiger charge is -2.24. The first kappa shape index (κ1) is 55.9. The van der Waals surface area contributed by atoms with Gasteiger partial charge in [-0.05, 0) is 25.7 Å². The quantitative estimate of drug-likeness (QED) is 0.0420. The molecule has 6 heteroatoms. The summed E-state index contributed by atoms with van der Waals surface area (Å²) in [5.41, 5.74) is 0. The molecule has 6 nitrogen and oxygen atoms in total. The Morgan fingerprint density at radius 3 is 1.07 bits per heavy atom. The standard InChI is InChI=1S/C51H101NO5/c1-4-7-10-13-16-19-22-24-26-29-32-35-38-41-44-51(56)57-47(42-39-36-33-30-28-25-23-20-17-14-11-8-5-2)45-50(55)52-48(46-53)49(54)43-40-37-34-31-27-21-18-15-12-9-6-3/h47-49,53-54H,4-46H2,1-3H3,(H,52,55). The first-order chi connectivity index (χ1) is 28.0. The Balaban J connectivity index is 4.52. The van der Waals surface area contributed by atoms with Crippen molar-refractivity contribution in [2.24, 2.45) is 0 Å². The summed E-state index contributed by atoms with van der Waals surface area (Å²) in [4.78, 5) is 26.1. The Labute approximate surface area is 356 Å².